The Hall–Kier alpha value is -0.800. The molecular weight excluding hydrogens is 202 g/mol. The van der Waals surface area contributed by atoms with Gasteiger partial charge in [-0.25, -0.2) is 0 Å². The van der Waals surface area contributed by atoms with E-state index in [2.05, 4.69) is 19.9 Å². The normalized spacial score (nSPS) is 39.5. The van der Waals surface area contributed by atoms with Crippen molar-refractivity contribution >= 4 is 0 Å². The molecule has 0 radical (unpaired) electrons. The van der Waals surface area contributed by atoms with E-state index in [9.17, 15) is 0 Å². The predicted molar refractivity (Wildman–Crippen MR) is 63.9 cm³/mol. The first-order valence-corrected chi connectivity index (χ1v) is 6.08. The molecule has 0 amide bonds. The van der Waals surface area contributed by atoms with Crippen LogP contribution in [0.2, 0.25) is 0 Å². The van der Waals surface area contributed by atoms with Gasteiger partial charge in [0.15, 0.2) is 0 Å². The Morgan fingerprint density at radius 1 is 1.31 bits per heavy atom. The lowest BCUT2D eigenvalue weighted by atomic mass is 10.0. The third kappa shape index (κ3) is 3.09. The van der Waals surface area contributed by atoms with Crippen LogP contribution in [0.15, 0.2) is 23.9 Å². The first-order chi connectivity index (χ1) is 7.63. The Morgan fingerprint density at radius 3 is 2.56 bits per heavy atom. The molecule has 1 heterocycles. The second-order valence-electron chi connectivity index (χ2n) is 4.82. The molecule has 90 valence electrons. The molecule has 2 aliphatic rings. The van der Waals surface area contributed by atoms with Crippen LogP contribution in [-0.2, 0) is 9.47 Å². The van der Waals surface area contributed by atoms with E-state index >= 15 is 0 Å². The summed E-state index contributed by atoms with van der Waals surface area (Å²) in [6.45, 7) is 4.22. The molecule has 1 aliphatic heterocycles. The molecule has 1 aliphatic carbocycles. The van der Waals surface area contributed by atoms with Crippen molar-refractivity contribution in [3.63, 3.8) is 0 Å². The summed E-state index contributed by atoms with van der Waals surface area (Å²) in [5.41, 5.74) is 6.51. The van der Waals surface area contributed by atoms with Crippen molar-refractivity contribution in [1.29, 1.82) is 0 Å². The van der Waals surface area contributed by atoms with Crippen LogP contribution in [0.25, 0.3) is 0 Å². The molecule has 0 aromatic heterocycles. The quantitative estimate of drug-likeness (QED) is 0.780. The summed E-state index contributed by atoms with van der Waals surface area (Å²) in [4.78, 5) is 0. The summed E-state index contributed by atoms with van der Waals surface area (Å²) in [6.07, 6.45) is 10.0. The maximum absolute atomic E-state index is 6.05. The summed E-state index contributed by atoms with van der Waals surface area (Å²) in [5, 5.41) is 0. The Balaban J connectivity index is 1.83. The maximum atomic E-state index is 6.05. The number of ether oxygens (including phenoxy) is 2. The second kappa shape index (κ2) is 5.02. The zero-order chi connectivity index (χ0) is 11.5. The summed E-state index contributed by atoms with van der Waals surface area (Å²) in [5.74, 6) is 0. The van der Waals surface area contributed by atoms with E-state index in [1.54, 1.807) is 0 Å². The topological polar surface area (TPSA) is 44.5 Å². The highest BCUT2D eigenvalue weighted by molar-refractivity contribution is 5.21. The third-order valence-corrected chi connectivity index (χ3v) is 3.11. The van der Waals surface area contributed by atoms with E-state index < -0.39 is 0 Å². The minimum absolute atomic E-state index is 0.190. The van der Waals surface area contributed by atoms with E-state index in [0.717, 1.165) is 25.0 Å². The van der Waals surface area contributed by atoms with Crippen molar-refractivity contribution in [2.45, 2.75) is 57.5 Å². The predicted octanol–water partition coefficient (Wildman–Crippen LogP) is 2.13. The molecule has 2 rings (SSSR count). The smallest absolute Gasteiger partial charge is 0.0798 e. The fourth-order valence-electron chi connectivity index (χ4n) is 2.42. The lowest BCUT2D eigenvalue weighted by Gasteiger charge is -2.34. The highest BCUT2D eigenvalue weighted by Crippen LogP contribution is 2.24. The lowest BCUT2D eigenvalue weighted by molar-refractivity contribution is -0.113. The van der Waals surface area contributed by atoms with Crippen LogP contribution in [-0.4, -0.2) is 24.4 Å². The second-order valence-corrected chi connectivity index (χ2v) is 4.82. The first kappa shape index (κ1) is 11.7. The fraction of sp³-hybridized carbons (Fsp3) is 0.692. The van der Waals surface area contributed by atoms with Crippen LogP contribution < -0.4 is 5.73 Å². The summed E-state index contributed by atoms with van der Waals surface area (Å²) >= 11 is 0. The molecule has 3 unspecified atom stereocenters. The minimum Gasteiger partial charge on any atom is -0.399 e. The van der Waals surface area contributed by atoms with Gasteiger partial charge in [-0.3, -0.25) is 0 Å². The molecule has 0 aromatic rings. The molecule has 2 N–H and O–H groups in total. The largest absolute Gasteiger partial charge is 0.399 e. The molecule has 16 heavy (non-hydrogen) atoms. The van der Waals surface area contributed by atoms with Crippen LogP contribution in [0.4, 0.5) is 0 Å². The number of hydrogen-bond acceptors (Lipinski definition) is 3. The molecular formula is C13H21NO2. The van der Waals surface area contributed by atoms with E-state index in [1.165, 1.54) is 0 Å². The van der Waals surface area contributed by atoms with Crippen molar-refractivity contribution in [3.05, 3.63) is 23.9 Å². The van der Waals surface area contributed by atoms with Crippen molar-refractivity contribution < 1.29 is 9.47 Å². The van der Waals surface area contributed by atoms with Gasteiger partial charge in [-0.15, -0.1) is 0 Å². The molecule has 3 heteroatoms. The Morgan fingerprint density at radius 2 is 2.00 bits per heavy atom. The first-order valence-electron chi connectivity index (χ1n) is 6.08. The number of hydrogen-bond donors (Lipinski definition) is 1. The maximum Gasteiger partial charge on any atom is 0.0798 e. The Labute approximate surface area is 97.3 Å². The molecule has 0 saturated carbocycles. The van der Waals surface area contributed by atoms with Crippen LogP contribution in [0, 0.1) is 0 Å². The number of allylic oxidation sites excluding steroid dienone is 1. The van der Waals surface area contributed by atoms with Gasteiger partial charge in [-0.05, 0) is 39.2 Å². The summed E-state index contributed by atoms with van der Waals surface area (Å²) in [7, 11) is 0. The zero-order valence-electron chi connectivity index (χ0n) is 10.1. The van der Waals surface area contributed by atoms with E-state index in [-0.39, 0.29) is 6.10 Å². The molecule has 1 saturated heterocycles. The Bertz CT molecular complexity index is 288. The monoisotopic (exact) mass is 223 g/mol. The summed E-state index contributed by atoms with van der Waals surface area (Å²) < 4.78 is 11.7. The van der Waals surface area contributed by atoms with Gasteiger partial charge in [-0.2, -0.15) is 0 Å². The molecule has 0 bridgehead atoms. The van der Waals surface area contributed by atoms with Gasteiger partial charge < -0.3 is 15.2 Å². The van der Waals surface area contributed by atoms with Crippen molar-refractivity contribution in [3.8, 4) is 0 Å². The van der Waals surface area contributed by atoms with Crippen LogP contribution >= 0.6 is 0 Å². The molecule has 3 atom stereocenters. The van der Waals surface area contributed by atoms with Gasteiger partial charge in [0.25, 0.3) is 0 Å². The van der Waals surface area contributed by atoms with E-state index in [4.69, 9.17) is 15.2 Å². The number of rotatable bonds is 2. The minimum atomic E-state index is 0.190. The average molecular weight is 223 g/mol. The van der Waals surface area contributed by atoms with Gasteiger partial charge >= 0.3 is 0 Å². The standard InChI is InChI=1S/C13H21NO2/c1-9-7-13(8-10(2)15-9)16-12-5-3-11(14)4-6-12/h3-5,9-10,12-13H,6-8,14H2,1-2H3. The third-order valence-electron chi connectivity index (χ3n) is 3.11. The van der Waals surface area contributed by atoms with Crippen molar-refractivity contribution in [2.75, 3.05) is 0 Å². The van der Waals surface area contributed by atoms with Crippen LogP contribution in [0.3, 0.4) is 0 Å². The fourth-order valence-corrected chi connectivity index (χ4v) is 2.42. The van der Waals surface area contributed by atoms with Gasteiger partial charge in [0.05, 0.1) is 24.4 Å². The van der Waals surface area contributed by atoms with Crippen LogP contribution in [0.1, 0.15) is 33.1 Å². The van der Waals surface area contributed by atoms with Crippen molar-refractivity contribution in [1.82, 2.24) is 0 Å². The molecule has 3 nitrogen and oxygen atoms in total. The van der Waals surface area contributed by atoms with E-state index in [1.807, 2.05) is 12.2 Å². The van der Waals surface area contributed by atoms with Crippen molar-refractivity contribution in [2.24, 2.45) is 5.73 Å². The van der Waals surface area contributed by atoms with E-state index in [0.29, 0.717) is 18.3 Å². The molecule has 0 spiro atoms. The Kier molecular flexibility index (Phi) is 3.66. The number of nitrogens with two attached hydrogens (primary N) is 1. The SMILES string of the molecule is CC1CC(OC2C=CC(N)=CC2)CC(C)O1. The van der Waals surface area contributed by atoms with Gasteiger partial charge in [0.2, 0.25) is 0 Å². The van der Waals surface area contributed by atoms with Crippen LogP contribution in [0.5, 0.6) is 0 Å². The lowest BCUT2D eigenvalue weighted by Crippen LogP contribution is -2.36. The molecule has 1 fully saturated rings. The average Bonchev–Trinajstić information content (AvgIpc) is 2.20. The molecule has 0 aromatic carbocycles. The summed E-state index contributed by atoms with van der Waals surface area (Å²) in [6, 6.07) is 0. The highest BCUT2D eigenvalue weighted by atomic mass is 16.5. The highest BCUT2D eigenvalue weighted by Gasteiger charge is 2.26. The van der Waals surface area contributed by atoms with Gasteiger partial charge in [0.1, 0.15) is 0 Å². The van der Waals surface area contributed by atoms with Gasteiger partial charge in [-0.1, -0.05) is 12.2 Å². The zero-order valence-corrected chi connectivity index (χ0v) is 10.1. The van der Waals surface area contributed by atoms with Gasteiger partial charge in [0, 0.05) is 5.70 Å².